The summed E-state index contributed by atoms with van der Waals surface area (Å²) in [5.74, 6) is 0. The van der Waals surface area contributed by atoms with Gasteiger partial charge in [0.2, 0.25) is 0 Å². The van der Waals surface area contributed by atoms with E-state index < -0.39 is 23.5 Å². The van der Waals surface area contributed by atoms with E-state index in [1.54, 1.807) is 0 Å². The predicted octanol–water partition coefficient (Wildman–Crippen LogP) is 12.1. The summed E-state index contributed by atoms with van der Waals surface area (Å²) in [6.07, 6.45) is -8.92. The Morgan fingerprint density at radius 3 is 1.09 bits per heavy atom. The number of benzene rings is 4. The van der Waals surface area contributed by atoms with E-state index in [1.807, 2.05) is 60.7 Å². The van der Waals surface area contributed by atoms with Crippen LogP contribution in [0.25, 0.3) is 43.4 Å². The van der Waals surface area contributed by atoms with Crippen LogP contribution in [0.2, 0.25) is 0 Å². The number of hydrogen-bond acceptors (Lipinski definition) is 6. The summed E-state index contributed by atoms with van der Waals surface area (Å²) in [4.78, 5) is 3.21. The lowest BCUT2D eigenvalue weighted by atomic mass is 10.1. The number of nitrogens with zero attached hydrogens (tertiary/aromatic N) is 2. The van der Waals surface area contributed by atoms with Crippen molar-refractivity contribution in [3.05, 3.63) is 120 Å². The van der Waals surface area contributed by atoms with Gasteiger partial charge >= 0.3 is 12.4 Å². The van der Waals surface area contributed by atoms with E-state index in [0.29, 0.717) is 22.5 Å². The third-order valence-corrected chi connectivity index (χ3v) is 11.1. The molecule has 0 spiro atoms. The Balaban J connectivity index is 1.43. The van der Waals surface area contributed by atoms with Crippen molar-refractivity contribution in [3.63, 3.8) is 0 Å². The molecule has 2 aromatic heterocycles. The molecule has 0 atom stereocenters. The average molecular weight is 673 g/mol. The monoisotopic (exact) mass is 672 g/mol. The Kier molecular flexibility index (Phi) is 8.60. The fourth-order valence-electron chi connectivity index (χ4n) is 4.35. The molecule has 0 radical (unpaired) electrons. The first kappa shape index (κ1) is 30.4. The van der Waals surface area contributed by atoms with Gasteiger partial charge in [-0.2, -0.15) is 35.1 Å². The molecule has 44 heavy (non-hydrogen) atoms. The Hall–Kier alpha value is -3.58. The van der Waals surface area contributed by atoms with Crippen LogP contribution in [0.3, 0.4) is 0 Å². The van der Waals surface area contributed by atoms with E-state index in [2.05, 4.69) is 8.75 Å². The third kappa shape index (κ3) is 6.44. The number of hydrogen-bond donors (Lipinski definition) is 0. The molecule has 222 valence electrons. The molecule has 12 heteroatoms. The lowest BCUT2D eigenvalue weighted by molar-refractivity contribution is -0.138. The maximum absolute atomic E-state index is 13.3. The quantitative estimate of drug-likeness (QED) is 0.125. The fraction of sp³-hybridized carbons (Fsp3) is 0.0625. The van der Waals surface area contributed by atoms with Gasteiger partial charge in [0.15, 0.2) is 0 Å². The molecular formula is C32H18F6N2S4. The van der Waals surface area contributed by atoms with Crippen molar-refractivity contribution >= 4 is 44.7 Å². The molecule has 0 amide bonds. The number of rotatable bonds is 7. The molecule has 4 aromatic carbocycles. The zero-order chi connectivity index (χ0) is 30.9. The van der Waals surface area contributed by atoms with Crippen LogP contribution in [0.1, 0.15) is 11.1 Å². The highest BCUT2D eigenvalue weighted by molar-refractivity contribution is 8.76. The zero-order valence-corrected chi connectivity index (χ0v) is 25.5. The second-order valence-electron chi connectivity index (χ2n) is 9.43. The molecule has 0 aliphatic heterocycles. The van der Waals surface area contributed by atoms with E-state index in [-0.39, 0.29) is 0 Å². The lowest BCUT2D eigenvalue weighted by Gasteiger charge is -2.10. The first-order valence-electron chi connectivity index (χ1n) is 12.9. The van der Waals surface area contributed by atoms with E-state index in [9.17, 15) is 26.3 Å². The summed E-state index contributed by atoms with van der Waals surface area (Å²) in [6, 6.07) is 28.9. The van der Waals surface area contributed by atoms with Gasteiger partial charge in [0, 0.05) is 11.1 Å². The van der Waals surface area contributed by atoms with Crippen molar-refractivity contribution in [1.82, 2.24) is 8.75 Å². The number of aromatic nitrogens is 2. The molecule has 0 N–H and O–H groups in total. The van der Waals surface area contributed by atoms with Crippen LogP contribution in [-0.2, 0) is 12.4 Å². The SMILES string of the molecule is FC(F)(F)c1ccc(-c2nsc(-c3ccccc3)c2SSc2c(-c3ccc(C(F)(F)F)cc3)nsc2-c2ccccc2)cc1. The fourth-order valence-corrected chi connectivity index (χ4v) is 9.37. The first-order valence-corrected chi connectivity index (χ1v) is 16.6. The Labute approximate surface area is 264 Å². The topological polar surface area (TPSA) is 25.8 Å². The highest BCUT2D eigenvalue weighted by Gasteiger charge is 2.31. The van der Waals surface area contributed by atoms with E-state index >= 15 is 0 Å². The van der Waals surface area contributed by atoms with Gasteiger partial charge in [-0.25, -0.2) is 0 Å². The second-order valence-corrected chi connectivity index (χ2v) is 13.1. The van der Waals surface area contributed by atoms with Gasteiger partial charge in [0.05, 0.1) is 42.1 Å². The van der Waals surface area contributed by atoms with Gasteiger partial charge in [0.25, 0.3) is 0 Å². The highest BCUT2D eigenvalue weighted by atomic mass is 33.1. The molecule has 0 saturated heterocycles. The lowest BCUT2D eigenvalue weighted by Crippen LogP contribution is -2.04. The van der Waals surface area contributed by atoms with Crippen LogP contribution in [0.15, 0.2) is 119 Å². The minimum absolute atomic E-state index is 0.536. The Morgan fingerprint density at radius 1 is 0.432 bits per heavy atom. The van der Waals surface area contributed by atoms with Gasteiger partial charge in [-0.15, -0.1) is 0 Å². The molecule has 6 rings (SSSR count). The van der Waals surface area contributed by atoms with Crippen molar-refractivity contribution in [2.45, 2.75) is 22.1 Å². The number of halogens is 6. The molecule has 0 aliphatic carbocycles. The summed E-state index contributed by atoms with van der Waals surface area (Å²) < 4.78 is 88.9. The van der Waals surface area contributed by atoms with Crippen LogP contribution in [-0.4, -0.2) is 8.75 Å². The van der Waals surface area contributed by atoms with Crippen molar-refractivity contribution in [1.29, 1.82) is 0 Å². The standard InChI is InChI=1S/C32H18F6N2S4/c33-31(34,35)23-15-11-19(12-16-23)25-29(27(41-39-25)21-7-3-1-4-8-21)43-44-30-26(20-13-17-24(18-14-20)32(36,37)38)40-42-28(30)22-9-5-2-6-10-22/h1-18H. The van der Waals surface area contributed by atoms with Crippen LogP contribution in [0.5, 0.6) is 0 Å². The summed E-state index contributed by atoms with van der Waals surface area (Å²) in [5.41, 5.74) is 2.47. The molecule has 0 saturated carbocycles. The first-order chi connectivity index (χ1) is 21.1. The molecule has 0 fully saturated rings. The summed E-state index contributed by atoms with van der Waals surface area (Å²) in [7, 11) is 2.78. The highest BCUT2D eigenvalue weighted by Crippen LogP contribution is 2.53. The molecule has 6 aromatic rings. The molecule has 0 bridgehead atoms. The largest absolute Gasteiger partial charge is 0.416 e. The maximum Gasteiger partial charge on any atom is 0.416 e. The van der Waals surface area contributed by atoms with E-state index in [4.69, 9.17) is 0 Å². The maximum atomic E-state index is 13.3. The van der Waals surface area contributed by atoms with Crippen molar-refractivity contribution in [2.75, 3.05) is 0 Å². The summed E-state index contributed by atoms with van der Waals surface area (Å²) in [5, 5.41) is 0. The van der Waals surface area contributed by atoms with Gasteiger partial charge < -0.3 is 0 Å². The van der Waals surface area contributed by atoms with Crippen LogP contribution < -0.4 is 0 Å². The van der Waals surface area contributed by atoms with Gasteiger partial charge in [-0.05, 0) is 80.0 Å². The van der Waals surface area contributed by atoms with E-state index in [1.165, 1.54) is 68.9 Å². The molecule has 2 nitrogen and oxygen atoms in total. The molecule has 2 heterocycles. The Bertz CT molecular complexity index is 1720. The summed E-state index contributed by atoms with van der Waals surface area (Å²) in [6.45, 7) is 0. The van der Waals surface area contributed by atoms with Gasteiger partial charge in [-0.1, -0.05) is 84.9 Å². The van der Waals surface area contributed by atoms with Crippen LogP contribution in [0, 0.1) is 0 Å². The van der Waals surface area contributed by atoms with Crippen molar-refractivity contribution in [2.24, 2.45) is 0 Å². The van der Waals surface area contributed by atoms with Crippen molar-refractivity contribution in [3.8, 4) is 43.4 Å². The zero-order valence-electron chi connectivity index (χ0n) is 22.2. The van der Waals surface area contributed by atoms with Crippen LogP contribution >= 0.6 is 44.7 Å². The van der Waals surface area contributed by atoms with Crippen LogP contribution in [0.4, 0.5) is 26.3 Å². The van der Waals surface area contributed by atoms with Crippen molar-refractivity contribution < 1.29 is 26.3 Å². The normalized spacial score (nSPS) is 12.0. The minimum atomic E-state index is -4.46. The second kappa shape index (κ2) is 12.4. The number of alkyl halides is 6. The Morgan fingerprint density at radius 2 is 0.773 bits per heavy atom. The van der Waals surface area contributed by atoms with Gasteiger partial charge in [0.1, 0.15) is 0 Å². The summed E-state index contributed by atoms with van der Waals surface area (Å²) >= 11 is 2.50. The molecular weight excluding hydrogens is 655 g/mol. The van der Waals surface area contributed by atoms with E-state index in [0.717, 1.165) is 54.9 Å². The smallest absolute Gasteiger partial charge is 0.191 e. The molecule has 0 unspecified atom stereocenters. The third-order valence-electron chi connectivity index (χ3n) is 6.55. The molecule has 0 aliphatic rings. The van der Waals surface area contributed by atoms with Gasteiger partial charge in [-0.3, -0.25) is 0 Å². The minimum Gasteiger partial charge on any atom is -0.191 e. The predicted molar refractivity (Wildman–Crippen MR) is 168 cm³/mol. The average Bonchev–Trinajstić information content (AvgIpc) is 3.65.